The van der Waals surface area contributed by atoms with E-state index >= 15 is 0 Å². The van der Waals surface area contributed by atoms with Crippen molar-refractivity contribution >= 4 is 5.97 Å². The van der Waals surface area contributed by atoms with Crippen molar-refractivity contribution in [2.75, 3.05) is 20.8 Å². The van der Waals surface area contributed by atoms with Gasteiger partial charge in [0.15, 0.2) is 11.6 Å². The summed E-state index contributed by atoms with van der Waals surface area (Å²) in [5, 5.41) is 9.53. The number of ether oxygens (including phenoxy) is 3. The summed E-state index contributed by atoms with van der Waals surface area (Å²) in [6.45, 7) is 2.20. The van der Waals surface area contributed by atoms with E-state index in [1.54, 1.807) is 26.3 Å². The molecule has 0 aliphatic heterocycles. The smallest absolute Gasteiger partial charge is 0.307 e. The highest BCUT2D eigenvalue weighted by molar-refractivity contribution is 5.75. The molecule has 1 saturated carbocycles. The molecule has 0 aromatic carbocycles. The van der Waals surface area contributed by atoms with E-state index in [-0.39, 0.29) is 24.9 Å². The monoisotopic (exact) mass is 378 g/mol. The highest BCUT2D eigenvalue weighted by Gasteiger charge is 2.63. The number of methoxy groups -OCH3 is 2. The first-order valence-electron chi connectivity index (χ1n) is 8.69. The Hall–Kier alpha value is -2.48. The zero-order valence-electron chi connectivity index (χ0n) is 15.6. The number of hydrogen-bond donors (Lipinski definition) is 1. The van der Waals surface area contributed by atoms with Gasteiger partial charge in [0.1, 0.15) is 17.3 Å². The number of nitrogens with zero attached hydrogens (tertiary/aromatic N) is 2. The number of aryl methyl sites for hydroxylation is 1. The Morgan fingerprint density at radius 3 is 2.85 bits per heavy atom. The minimum absolute atomic E-state index is 0.167. The second-order valence-corrected chi connectivity index (χ2v) is 6.92. The van der Waals surface area contributed by atoms with E-state index in [9.17, 15) is 14.3 Å². The molecule has 0 spiro atoms. The van der Waals surface area contributed by atoms with Gasteiger partial charge in [-0.05, 0) is 25.3 Å². The van der Waals surface area contributed by atoms with E-state index in [2.05, 4.69) is 9.97 Å². The van der Waals surface area contributed by atoms with E-state index in [1.165, 1.54) is 13.2 Å². The molecule has 2 aliphatic carbocycles. The predicted octanol–water partition coefficient (Wildman–Crippen LogP) is 2.80. The van der Waals surface area contributed by atoms with Crippen LogP contribution in [0, 0.1) is 24.2 Å². The van der Waals surface area contributed by atoms with Gasteiger partial charge in [-0.15, -0.1) is 0 Å². The third-order valence-electron chi connectivity index (χ3n) is 5.27. The van der Waals surface area contributed by atoms with Crippen LogP contribution < -0.4 is 4.74 Å². The summed E-state index contributed by atoms with van der Waals surface area (Å²) in [6.07, 6.45) is 5.40. The van der Waals surface area contributed by atoms with Crippen LogP contribution in [0.1, 0.15) is 24.4 Å². The molecule has 3 rings (SSSR count). The number of halogens is 1. The molecule has 0 bridgehead atoms. The molecule has 0 saturated heterocycles. The molecule has 8 heteroatoms. The summed E-state index contributed by atoms with van der Waals surface area (Å²) >= 11 is 0. The average molecular weight is 378 g/mol. The number of allylic oxidation sites excluding steroid dienone is 4. The predicted molar refractivity (Wildman–Crippen MR) is 93.5 cm³/mol. The first-order chi connectivity index (χ1) is 12.9. The molecule has 3 atom stereocenters. The minimum atomic E-state index is -0.877. The van der Waals surface area contributed by atoms with Crippen LogP contribution in [0.4, 0.5) is 4.39 Å². The van der Waals surface area contributed by atoms with Crippen LogP contribution in [-0.4, -0.2) is 41.9 Å². The molecule has 1 unspecified atom stereocenters. The summed E-state index contributed by atoms with van der Waals surface area (Å²) in [5.41, 5.74) is -0.0161. The molecule has 1 N–H and O–H groups in total. The van der Waals surface area contributed by atoms with Crippen molar-refractivity contribution in [1.29, 1.82) is 0 Å². The van der Waals surface area contributed by atoms with Gasteiger partial charge < -0.3 is 19.3 Å². The molecule has 0 amide bonds. The molecular weight excluding hydrogens is 355 g/mol. The largest absolute Gasteiger partial charge is 0.498 e. The maximum Gasteiger partial charge on any atom is 0.307 e. The van der Waals surface area contributed by atoms with Crippen LogP contribution >= 0.6 is 0 Å². The highest BCUT2D eigenvalue weighted by Crippen LogP contribution is 2.60. The Morgan fingerprint density at radius 1 is 1.44 bits per heavy atom. The van der Waals surface area contributed by atoms with E-state index < -0.39 is 23.1 Å². The van der Waals surface area contributed by atoms with Crippen LogP contribution in [0.15, 0.2) is 29.9 Å². The van der Waals surface area contributed by atoms with Gasteiger partial charge >= 0.3 is 5.97 Å². The van der Waals surface area contributed by atoms with Crippen molar-refractivity contribution in [3.63, 3.8) is 0 Å². The van der Waals surface area contributed by atoms with Crippen LogP contribution in [0.25, 0.3) is 0 Å². The molecule has 27 heavy (non-hydrogen) atoms. The van der Waals surface area contributed by atoms with Gasteiger partial charge in [-0.3, -0.25) is 4.79 Å². The summed E-state index contributed by atoms with van der Waals surface area (Å²) in [7, 11) is 2.97. The molecule has 0 radical (unpaired) electrons. The van der Waals surface area contributed by atoms with Crippen molar-refractivity contribution in [3.8, 4) is 5.75 Å². The van der Waals surface area contributed by atoms with E-state index in [4.69, 9.17) is 14.2 Å². The molecule has 146 valence electrons. The lowest BCUT2D eigenvalue weighted by molar-refractivity contribution is -0.140. The number of carboxylic acid groups (broad SMARTS) is 1. The van der Waals surface area contributed by atoms with Gasteiger partial charge in [0.05, 0.1) is 32.4 Å². The summed E-state index contributed by atoms with van der Waals surface area (Å²) in [5.74, 6) is -0.749. The van der Waals surface area contributed by atoms with E-state index in [1.807, 2.05) is 0 Å². The van der Waals surface area contributed by atoms with Crippen LogP contribution in [-0.2, 0) is 20.9 Å². The summed E-state index contributed by atoms with van der Waals surface area (Å²) in [6, 6.07) is 0. The second-order valence-electron chi connectivity index (χ2n) is 6.92. The maximum absolute atomic E-state index is 13.8. The first-order valence-corrected chi connectivity index (χ1v) is 8.69. The van der Waals surface area contributed by atoms with Crippen molar-refractivity contribution in [2.45, 2.75) is 26.4 Å². The summed E-state index contributed by atoms with van der Waals surface area (Å²) in [4.78, 5) is 20.1. The van der Waals surface area contributed by atoms with Gasteiger partial charge in [-0.2, -0.15) is 0 Å². The quantitative estimate of drug-likeness (QED) is 0.744. The van der Waals surface area contributed by atoms with Crippen LogP contribution in [0.3, 0.4) is 0 Å². The Kier molecular flexibility index (Phi) is 5.46. The van der Waals surface area contributed by atoms with Gasteiger partial charge in [-0.25, -0.2) is 14.4 Å². The molecule has 1 aromatic heterocycles. The Labute approximate surface area is 156 Å². The van der Waals surface area contributed by atoms with Crippen LogP contribution in [0.5, 0.6) is 5.75 Å². The average Bonchev–Trinajstić information content (AvgIpc) is 3.38. The lowest BCUT2D eigenvalue weighted by Crippen LogP contribution is -2.29. The highest BCUT2D eigenvalue weighted by atomic mass is 19.1. The fourth-order valence-electron chi connectivity index (χ4n) is 3.64. The van der Waals surface area contributed by atoms with Gasteiger partial charge in [0.2, 0.25) is 0 Å². The third-order valence-corrected chi connectivity index (χ3v) is 5.27. The number of carboxylic acids is 1. The molecule has 1 aromatic rings. The van der Waals surface area contributed by atoms with Gasteiger partial charge in [0, 0.05) is 18.9 Å². The zero-order valence-corrected chi connectivity index (χ0v) is 15.6. The molecule has 2 aliphatic rings. The fraction of sp³-hybridized carbons (Fsp3) is 0.526. The van der Waals surface area contributed by atoms with Gasteiger partial charge in [-0.1, -0.05) is 6.08 Å². The van der Waals surface area contributed by atoms with Crippen molar-refractivity contribution in [3.05, 3.63) is 41.5 Å². The number of carbonyl (C=O) groups is 1. The third kappa shape index (κ3) is 3.80. The molecular formula is C19H23FN2O5. The number of hydrogen-bond acceptors (Lipinski definition) is 6. The van der Waals surface area contributed by atoms with Crippen molar-refractivity contribution < 1.29 is 28.5 Å². The lowest BCUT2D eigenvalue weighted by atomic mass is 9.81. The maximum atomic E-state index is 13.8. The van der Waals surface area contributed by atoms with Gasteiger partial charge in [0.25, 0.3) is 0 Å². The lowest BCUT2D eigenvalue weighted by Gasteiger charge is -2.28. The Balaban J connectivity index is 1.80. The summed E-state index contributed by atoms with van der Waals surface area (Å²) < 4.78 is 30.0. The Bertz CT molecular complexity index is 794. The van der Waals surface area contributed by atoms with Crippen molar-refractivity contribution in [1.82, 2.24) is 9.97 Å². The fourth-order valence-corrected chi connectivity index (χ4v) is 3.64. The topological polar surface area (TPSA) is 90.8 Å². The number of aliphatic carboxylic acids is 1. The van der Waals surface area contributed by atoms with Crippen molar-refractivity contribution in [2.24, 2.45) is 17.3 Å². The van der Waals surface area contributed by atoms with E-state index in [0.29, 0.717) is 30.1 Å². The number of rotatable bonds is 8. The molecule has 7 nitrogen and oxygen atoms in total. The number of aromatic nitrogens is 2. The SMILES string of the molecule is COCc1nc(C)ncc1OC[C@@]1(C2C=CC(F)=C(OC)C2)C[C@H]1C(=O)O. The second kappa shape index (κ2) is 7.64. The van der Waals surface area contributed by atoms with E-state index in [0.717, 1.165) is 0 Å². The minimum Gasteiger partial charge on any atom is -0.498 e. The molecule has 1 heterocycles. The standard InChI is InChI=1S/C19H23FN2O5/c1-11-21-8-17(15(22-11)9-25-2)27-10-19(7-13(19)18(23)24)12-4-5-14(20)16(6-12)26-3/h4-5,8,12-13H,6-7,9-10H2,1-3H3,(H,23,24)/t12?,13-,19+/m0/s1. The molecule has 1 fully saturated rings. The first kappa shape index (κ1) is 19.3. The Morgan fingerprint density at radius 2 is 2.22 bits per heavy atom. The van der Waals surface area contributed by atoms with Crippen LogP contribution in [0.2, 0.25) is 0 Å². The normalized spacial score (nSPS) is 26.8. The zero-order chi connectivity index (χ0) is 19.6.